The molecule has 0 radical (unpaired) electrons. The van der Waals surface area contributed by atoms with Crippen LogP contribution in [-0.4, -0.2) is 12.6 Å². The molecule has 1 aromatic rings. The van der Waals surface area contributed by atoms with Crippen molar-refractivity contribution in [2.45, 2.75) is 57.9 Å². The van der Waals surface area contributed by atoms with Gasteiger partial charge < -0.3 is 5.32 Å². The summed E-state index contributed by atoms with van der Waals surface area (Å²) in [5, 5.41) is 3.69. The fourth-order valence-electron chi connectivity index (χ4n) is 2.81. The second kappa shape index (κ2) is 5.83. The van der Waals surface area contributed by atoms with E-state index >= 15 is 0 Å². The molecule has 1 nitrogen and oxygen atoms in total. The SMILES string of the molecule is CCNC1CCCCCC1c1ccc(C)s1. The average molecular weight is 237 g/mol. The first-order valence-electron chi connectivity index (χ1n) is 6.61. The number of aryl methyl sites for hydroxylation is 1. The molecule has 2 heteroatoms. The zero-order valence-corrected chi connectivity index (χ0v) is 11.3. The Morgan fingerprint density at radius 3 is 2.75 bits per heavy atom. The maximum atomic E-state index is 3.69. The molecular formula is C14H23NS. The van der Waals surface area contributed by atoms with E-state index in [4.69, 9.17) is 0 Å². The summed E-state index contributed by atoms with van der Waals surface area (Å²) in [4.78, 5) is 3.06. The van der Waals surface area contributed by atoms with Gasteiger partial charge in [-0.05, 0) is 38.4 Å². The molecule has 90 valence electrons. The molecule has 1 aliphatic rings. The van der Waals surface area contributed by atoms with Gasteiger partial charge in [-0.1, -0.05) is 26.2 Å². The molecule has 0 bridgehead atoms. The maximum Gasteiger partial charge on any atom is 0.0144 e. The Balaban J connectivity index is 2.13. The summed E-state index contributed by atoms with van der Waals surface area (Å²) < 4.78 is 0. The molecule has 0 amide bonds. The van der Waals surface area contributed by atoms with Crippen molar-refractivity contribution in [3.05, 3.63) is 21.9 Å². The van der Waals surface area contributed by atoms with Crippen molar-refractivity contribution in [2.24, 2.45) is 0 Å². The van der Waals surface area contributed by atoms with Gasteiger partial charge in [0, 0.05) is 21.7 Å². The number of nitrogens with one attached hydrogen (secondary N) is 1. The molecule has 1 saturated carbocycles. The predicted octanol–water partition coefficient (Wildman–Crippen LogP) is 4.08. The molecule has 1 aliphatic carbocycles. The topological polar surface area (TPSA) is 12.0 Å². The van der Waals surface area contributed by atoms with E-state index in [0.29, 0.717) is 6.04 Å². The van der Waals surface area contributed by atoms with Gasteiger partial charge in [0.1, 0.15) is 0 Å². The number of hydrogen-bond donors (Lipinski definition) is 1. The molecule has 0 aromatic carbocycles. The molecule has 1 N–H and O–H groups in total. The van der Waals surface area contributed by atoms with Crippen molar-refractivity contribution < 1.29 is 0 Å². The first kappa shape index (κ1) is 12.1. The van der Waals surface area contributed by atoms with Crippen LogP contribution in [0.2, 0.25) is 0 Å². The van der Waals surface area contributed by atoms with Crippen LogP contribution in [0.5, 0.6) is 0 Å². The van der Waals surface area contributed by atoms with Gasteiger partial charge in [0.2, 0.25) is 0 Å². The van der Waals surface area contributed by atoms with Crippen LogP contribution in [0.1, 0.15) is 54.7 Å². The molecule has 2 unspecified atom stereocenters. The Morgan fingerprint density at radius 2 is 2.06 bits per heavy atom. The quantitative estimate of drug-likeness (QED) is 0.781. The summed E-state index contributed by atoms with van der Waals surface area (Å²) >= 11 is 1.99. The van der Waals surface area contributed by atoms with Crippen LogP contribution in [0.15, 0.2) is 12.1 Å². The van der Waals surface area contributed by atoms with Gasteiger partial charge in [0.05, 0.1) is 0 Å². The van der Waals surface area contributed by atoms with E-state index in [-0.39, 0.29) is 0 Å². The second-order valence-electron chi connectivity index (χ2n) is 4.86. The van der Waals surface area contributed by atoms with E-state index in [2.05, 4.69) is 31.3 Å². The van der Waals surface area contributed by atoms with E-state index in [1.807, 2.05) is 11.3 Å². The third kappa shape index (κ3) is 2.86. The van der Waals surface area contributed by atoms with Crippen molar-refractivity contribution in [3.8, 4) is 0 Å². The summed E-state index contributed by atoms with van der Waals surface area (Å²) in [6, 6.07) is 5.33. The van der Waals surface area contributed by atoms with Gasteiger partial charge >= 0.3 is 0 Å². The summed E-state index contributed by atoms with van der Waals surface area (Å²) in [5.41, 5.74) is 0. The maximum absolute atomic E-state index is 3.69. The fourth-order valence-corrected chi connectivity index (χ4v) is 3.88. The van der Waals surface area contributed by atoms with E-state index in [0.717, 1.165) is 12.5 Å². The number of thiophene rings is 1. The average Bonchev–Trinajstić information content (AvgIpc) is 2.56. The Labute approximate surface area is 103 Å². The van der Waals surface area contributed by atoms with Crippen LogP contribution in [0.4, 0.5) is 0 Å². The van der Waals surface area contributed by atoms with Crippen molar-refractivity contribution in [1.82, 2.24) is 5.32 Å². The summed E-state index contributed by atoms with van der Waals surface area (Å²) in [7, 11) is 0. The number of likely N-dealkylation sites (N-methyl/N-ethyl adjacent to an activating group) is 1. The fraction of sp³-hybridized carbons (Fsp3) is 0.714. The van der Waals surface area contributed by atoms with E-state index < -0.39 is 0 Å². The molecule has 0 spiro atoms. The molecule has 2 rings (SSSR count). The molecule has 0 aliphatic heterocycles. The van der Waals surface area contributed by atoms with Crippen molar-refractivity contribution in [1.29, 1.82) is 0 Å². The van der Waals surface area contributed by atoms with Gasteiger partial charge in [-0.2, -0.15) is 0 Å². The third-order valence-electron chi connectivity index (χ3n) is 3.61. The molecule has 1 aromatic heterocycles. The van der Waals surface area contributed by atoms with Gasteiger partial charge in [-0.3, -0.25) is 0 Å². The summed E-state index contributed by atoms with van der Waals surface area (Å²) in [6.45, 7) is 5.54. The van der Waals surface area contributed by atoms with Crippen LogP contribution < -0.4 is 5.32 Å². The molecule has 0 saturated heterocycles. The molecule has 16 heavy (non-hydrogen) atoms. The van der Waals surface area contributed by atoms with Crippen LogP contribution in [-0.2, 0) is 0 Å². The second-order valence-corrected chi connectivity index (χ2v) is 6.18. The Morgan fingerprint density at radius 1 is 1.25 bits per heavy atom. The highest BCUT2D eigenvalue weighted by Gasteiger charge is 2.25. The number of hydrogen-bond acceptors (Lipinski definition) is 2. The van der Waals surface area contributed by atoms with Gasteiger partial charge in [0.15, 0.2) is 0 Å². The lowest BCUT2D eigenvalue weighted by Crippen LogP contribution is -2.33. The normalized spacial score (nSPS) is 26.6. The van der Waals surface area contributed by atoms with Crippen LogP contribution in [0.25, 0.3) is 0 Å². The minimum absolute atomic E-state index is 0.713. The monoisotopic (exact) mass is 237 g/mol. The lowest BCUT2D eigenvalue weighted by atomic mass is 9.93. The van der Waals surface area contributed by atoms with E-state index in [1.54, 1.807) is 4.88 Å². The van der Waals surface area contributed by atoms with E-state index in [1.165, 1.54) is 37.0 Å². The highest BCUT2D eigenvalue weighted by atomic mass is 32.1. The largest absolute Gasteiger partial charge is 0.314 e. The Kier molecular flexibility index (Phi) is 4.42. The molecule has 2 atom stereocenters. The predicted molar refractivity (Wildman–Crippen MR) is 72.3 cm³/mol. The zero-order valence-electron chi connectivity index (χ0n) is 10.5. The highest BCUT2D eigenvalue weighted by Crippen LogP contribution is 2.35. The van der Waals surface area contributed by atoms with Crippen molar-refractivity contribution >= 4 is 11.3 Å². The third-order valence-corrected chi connectivity index (χ3v) is 4.74. The number of rotatable bonds is 3. The van der Waals surface area contributed by atoms with Gasteiger partial charge in [0.25, 0.3) is 0 Å². The minimum Gasteiger partial charge on any atom is -0.314 e. The highest BCUT2D eigenvalue weighted by molar-refractivity contribution is 7.12. The van der Waals surface area contributed by atoms with Crippen molar-refractivity contribution in [3.63, 3.8) is 0 Å². The van der Waals surface area contributed by atoms with Crippen LogP contribution in [0, 0.1) is 6.92 Å². The summed E-state index contributed by atoms with van der Waals surface area (Å²) in [5.74, 6) is 0.765. The van der Waals surface area contributed by atoms with Gasteiger partial charge in [-0.25, -0.2) is 0 Å². The first-order chi connectivity index (χ1) is 7.81. The zero-order chi connectivity index (χ0) is 11.4. The molecule has 1 fully saturated rings. The Bertz CT molecular complexity index is 318. The van der Waals surface area contributed by atoms with Crippen LogP contribution in [0.3, 0.4) is 0 Å². The Hall–Kier alpha value is -0.340. The summed E-state index contributed by atoms with van der Waals surface area (Å²) in [6.07, 6.45) is 6.96. The minimum atomic E-state index is 0.713. The smallest absolute Gasteiger partial charge is 0.0144 e. The lowest BCUT2D eigenvalue weighted by molar-refractivity contribution is 0.423. The van der Waals surface area contributed by atoms with Crippen molar-refractivity contribution in [2.75, 3.05) is 6.54 Å². The molecule has 1 heterocycles. The first-order valence-corrected chi connectivity index (χ1v) is 7.42. The molecular weight excluding hydrogens is 214 g/mol. The van der Waals surface area contributed by atoms with Gasteiger partial charge in [-0.15, -0.1) is 11.3 Å². The van der Waals surface area contributed by atoms with E-state index in [9.17, 15) is 0 Å². The lowest BCUT2D eigenvalue weighted by Gasteiger charge is -2.25. The van der Waals surface area contributed by atoms with Crippen LogP contribution >= 0.6 is 11.3 Å². The standard InChI is InChI=1S/C14H23NS/c1-3-15-13-8-6-4-5-7-12(13)14-10-9-11(2)16-14/h9-10,12-13,15H,3-8H2,1-2H3.